The molecule has 92 valence electrons. The minimum absolute atomic E-state index is 0.0389. The molecular weight excluding hydrogens is 217 g/mol. The number of Topliss-reactive ketones (excluding diaryl/α,β-unsaturated/α-hetero) is 1. The molecule has 1 saturated heterocycles. The highest BCUT2D eigenvalue weighted by Crippen LogP contribution is 2.18. The van der Waals surface area contributed by atoms with Crippen LogP contribution < -0.4 is 0 Å². The molecule has 2 rings (SSSR count). The molecule has 0 unspecified atom stereocenters. The van der Waals surface area contributed by atoms with Gasteiger partial charge in [0.15, 0.2) is 5.78 Å². The molecular formula is C14H18FNO. The molecule has 3 heteroatoms. The second kappa shape index (κ2) is 5.41. The van der Waals surface area contributed by atoms with Crippen molar-refractivity contribution in [3.05, 3.63) is 35.6 Å². The van der Waals surface area contributed by atoms with Gasteiger partial charge in [0, 0.05) is 5.56 Å². The van der Waals surface area contributed by atoms with Gasteiger partial charge in [-0.3, -0.25) is 9.69 Å². The van der Waals surface area contributed by atoms with Gasteiger partial charge < -0.3 is 0 Å². The number of benzene rings is 1. The molecule has 1 atom stereocenters. The first-order valence-electron chi connectivity index (χ1n) is 6.26. The van der Waals surface area contributed by atoms with Gasteiger partial charge in [-0.1, -0.05) is 6.92 Å². The number of carbonyl (C=O) groups excluding carboxylic acids is 1. The first kappa shape index (κ1) is 12.2. The average molecular weight is 235 g/mol. The minimum atomic E-state index is -0.296. The second-order valence-electron chi connectivity index (χ2n) is 4.54. The fourth-order valence-electron chi connectivity index (χ4n) is 2.47. The smallest absolute Gasteiger partial charge is 0.179 e. The van der Waals surface area contributed by atoms with E-state index in [2.05, 4.69) is 4.90 Å². The van der Waals surface area contributed by atoms with Crippen LogP contribution in [0.4, 0.5) is 4.39 Å². The van der Waals surface area contributed by atoms with Crippen molar-refractivity contribution in [1.29, 1.82) is 0 Å². The van der Waals surface area contributed by atoms with Gasteiger partial charge in [0.2, 0.25) is 0 Å². The standard InChI is InChI=1S/C14H18FNO/c1-2-13(16-9-3-4-10-16)14(17)11-5-7-12(15)8-6-11/h5-8,13H,2-4,9-10H2,1H3/t13-/m0/s1. The van der Waals surface area contributed by atoms with Gasteiger partial charge in [-0.05, 0) is 56.6 Å². The van der Waals surface area contributed by atoms with Crippen LogP contribution in [0.15, 0.2) is 24.3 Å². The molecule has 0 amide bonds. The zero-order chi connectivity index (χ0) is 12.3. The van der Waals surface area contributed by atoms with Crippen molar-refractivity contribution in [3.63, 3.8) is 0 Å². The number of halogens is 1. The Morgan fingerprint density at radius 3 is 2.41 bits per heavy atom. The first-order valence-corrected chi connectivity index (χ1v) is 6.26. The largest absolute Gasteiger partial charge is 0.293 e. The highest BCUT2D eigenvalue weighted by Gasteiger charge is 2.27. The number of hydrogen-bond donors (Lipinski definition) is 0. The van der Waals surface area contributed by atoms with Crippen LogP contribution in [0.3, 0.4) is 0 Å². The maximum absolute atomic E-state index is 12.8. The minimum Gasteiger partial charge on any atom is -0.293 e. The van der Waals surface area contributed by atoms with Crippen LogP contribution in [-0.2, 0) is 0 Å². The molecule has 1 aromatic carbocycles. The summed E-state index contributed by atoms with van der Waals surface area (Å²) in [5.41, 5.74) is 0.616. The monoisotopic (exact) mass is 235 g/mol. The molecule has 2 nitrogen and oxygen atoms in total. The van der Waals surface area contributed by atoms with Crippen LogP contribution in [0.5, 0.6) is 0 Å². The summed E-state index contributed by atoms with van der Waals surface area (Å²) in [4.78, 5) is 14.6. The lowest BCUT2D eigenvalue weighted by molar-refractivity contribution is 0.0844. The van der Waals surface area contributed by atoms with E-state index >= 15 is 0 Å². The molecule has 0 spiro atoms. The summed E-state index contributed by atoms with van der Waals surface area (Å²) in [6.07, 6.45) is 3.16. The van der Waals surface area contributed by atoms with Crippen LogP contribution in [0.25, 0.3) is 0 Å². The molecule has 1 aliphatic heterocycles. The molecule has 1 heterocycles. The summed E-state index contributed by atoms with van der Waals surface area (Å²) in [7, 11) is 0. The Bertz CT molecular complexity index is 382. The number of hydrogen-bond acceptors (Lipinski definition) is 2. The molecule has 1 fully saturated rings. The number of likely N-dealkylation sites (tertiary alicyclic amines) is 1. The lowest BCUT2D eigenvalue weighted by atomic mass is 10.0. The van der Waals surface area contributed by atoms with E-state index in [0.29, 0.717) is 5.56 Å². The van der Waals surface area contributed by atoms with E-state index in [1.165, 1.54) is 25.0 Å². The fourth-order valence-corrected chi connectivity index (χ4v) is 2.47. The zero-order valence-corrected chi connectivity index (χ0v) is 10.2. The first-order chi connectivity index (χ1) is 8.22. The summed E-state index contributed by atoms with van der Waals surface area (Å²) in [6.45, 7) is 4.04. The van der Waals surface area contributed by atoms with Crippen molar-refractivity contribution in [2.24, 2.45) is 0 Å². The summed E-state index contributed by atoms with van der Waals surface area (Å²) < 4.78 is 12.8. The molecule has 0 bridgehead atoms. The predicted molar refractivity (Wildman–Crippen MR) is 65.6 cm³/mol. The molecule has 17 heavy (non-hydrogen) atoms. The van der Waals surface area contributed by atoms with Crippen LogP contribution in [-0.4, -0.2) is 29.8 Å². The van der Waals surface area contributed by atoms with Gasteiger partial charge in [0.25, 0.3) is 0 Å². The topological polar surface area (TPSA) is 20.3 Å². The van der Waals surface area contributed by atoms with Gasteiger partial charge >= 0.3 is 0 Å². The van der Waals surface area contributed by atoms with E-state index in [1.807, 2.05) is 6.92 Å². The Labute approximate surface area is 101 Å². The summed E-state index contributed by atoms with van der Waals surface area (Å²) in [5.74, 6) is -0.176. The molecule has 0 N–H and O–H groups in total. The van der Waals surface area contributed by atoms with Gasteiger partial charge in [-0.25, -0.2) is 4.39 Å². The molecule has 0 saturated carbocycles. The van der Waals surface area contributed by atoms with E-state index < -0.39 is 0 Å². The molecule has 0 aliphatic carbocycles. The maximum Gasteiger partial charge on any atom is 0.179 e. The normalized spacial score (nSPS) is 18.2. The van der Waals surface area contributed by atoms with E-state index in [1.54, 1.807) is 12.1 Å². The number of rotatable bonds is 4. The fraction of sp³-hybridized carbons (Fsp3) is 0.500. The van der Waals surface area contributed by atoms with Gasteiger partial charge in [0.05, 0.1) is 6.04 Å². The lowest BCUT2D eigenvalue weighted by Gasteiger charge is -2.25. The molecule has 1 aliphatic rings. The van der Waals surface area contributed by atoms with Crippen molar-refractivity contribution in [3.8, 4) is 0 Å². The summed E-state index contributed by atoms with van der Waals surface area (Å²) in [5, 5.41) is 0. The Balaban J connectivity index is 2.13. The quantitative estimate of drug-likeness (QED) is 0.748. The SMILES string of the molecule is CC[C@@H](C(=O)c1ccc(F)cc1)N1CCCC1. The summed E-state index contributed by atoms with van der Waals surface area (Å²) in [6, 6.07) is 5.82. The Kier molecular flexibility index (Phi) is 3.89. The average Bonchev–Trinajstić information content (AvgIpc) is 2.84. The number of ketones is 1. The maximum atomic E-state index is 12.8. The van der Waals surface area contributed by atoms with Crippen molar-refractivity contribution in [1.82, 2.24) is 4.90 Å². The van der Waals surface area contributed by atoms with Gasteiger partial charge in [0.1, 0.15) is 5.82 Å². The van der Waals surface area contributed by atoms with Crippen molar-refractivity contribution >= 4 is 5.78 Å². The summed E-state index contributed by atoms with van der Waals surface area (Å²) >= 11 is 0. The Morgan fingerprint density at radius 2 is 1.88 bits per heavy atom. The third-order valence-corrected chi connectivity index (χ3v) is 3.40. The molecule has 0 radical (unpaired) electrons. The van der Waals surface area contributed by atoms with Crippen LogP contribution in [0.1, 0.15) is 36.5 Å². The highest BCUT2D eigenvalue weighted by atomic mass is 19.1. The Morgan fingerprint density at radius 1 is 1.29 bits per heavy atom. The van der Waals surface area contributed by atoms with E-state index in [4.69, 9.17) is 0 Å². The van der Waals surface area contributed by atoms with Crippen LogP contribution in [0.2, 0.25) is 0 Å². The molecule has 1 aromatic rings. The van der Waals surface area contributed by atoms with Crippen molar-refractivity contribution < 1.29 is 9.18 Å². The predicted octanol–water partition coefficient (Wildman–Crippen LogP) is 2.88. The third-order valence-electron chi connectivity index (χ3n) is 3.40. The highest BCUT2D eigenvalue weighted by molar-refractivity contribution is 6.00. The van der Waals surface area contributed by atoms with E-state index in [-0.39, 0.29) is 17.6 Å². The zero-order valence-electron chi connectivity index (χ0n) is 10.2. The van der Waals surface area contributed by atoms with Crippen molar-refractivity contribution in [2.75, 3.05) is 13.1 Å². The van der Waals surface area contributed by atoms with E-state index in [9.17, 15) is 9.18 Å². The lowest BCUT2D eigenvalue weighted by Crippen LogP contribution is -2.38. The number of nitrogens with zero attached hydrogens (tertiary/aromatic N) is 1. The van der Waals surface area contributed by atoms with E-state index in [0.717, 1.165) is 19.5 Å². The van der Waals surface area contributed by atoms with Gasteiger partial charge in [-0.15, -0.1) is 0 Å². The third kappa shape index (κ3) is 2.72. The van der Waals surface area contributed by atoms with Crippen LogP contribution >= 0.6 is 0 Å². The Hall–Kier alpha value is -1.22. The van der Waals surface area contributed by atoms with Crippen LogP contribution in [0, 0.1) is 5.82 Å². The van der Waals surface area contributed by atoms with Gasteiger partial charge in [-0.2, -0.15) is 0 Å². The number of carbonyl (C=O) groups is 1. The van der Waals surface area contributed by atoms with Crippen molar-refractivity contribution in [2.45, 2.75) is 32.2 Å². The molecule has 0 aromatic heterocycles. The second-order valence-corrected chi connectivity index (χ2v) is 4.54.